The number of benzene rings is 1. The molecule has 3 fully saturated rings. The van der Waals surface area contributed by atoms with Crippen LogP contribution in [0.2, 0.25) is 0 Å². The Morgan fingerprint density at radius 1 is 1.11 bits per heavy atom. The van der Waals surface area contributed by atoms with Crippen LogP contribution >= 0.6 is 0 Å². The molecule has 1 spiro atoms. The number of nitrogens with one attached hydrogen (secondary N) is 1. The highest BCUT2D eigenvalue weighted by molar-refractivity contribution is 5.94. The molecule has 0 radical (unpaired) electrons. The molecule has 1 saturated carbocycles. The lowest BCUT2D eigenvalue weighted by Crippen LogP contribution is -2.65. The molecule has 2 saturated heterocycles. The van der Waals surface area contributed by atoms with Gasteiger partial charge in [0.05, 0.1) is 12.0 Å². The van der Waals surface area contributed by atoms with E-state index in [0.717, 1.165) is 24.8 Å². The van der Waals surface area contributed by atoms with Gasteiger partial charge in [0.1, 0.15) is 5.60 Å². The van der Waals surface area contributed by atoms with Crippen LogP contribution in [0.5, 0.6) is 0 Å². The Labute approximate surface area is 212 Å². The van der Waals surface area contributed by atoms with Gasteiger partial charge in [0.15, 0.2) is 0 Å². The van der Waals surface area contributed by atoms with Crippen molar-refractivity contribution in [1.82, 2.24) is 5.32 Å². The van der Waals surface area contributed by atoms with Gasteiger partial charge >= 0.3 is 5.97 Å². The van der Waals surface area contributed by atoms with Gasteiger partial charge in [-0.05, 0) is 49.7 Å². The van der Waals surface area contributed by atoms with E-state index in [0.29, 0.717) is 18.8 Å². The third-order valence-corrected chi connectivity index (χ3v) is 9.01. The second-order valence-corrected chi connectivity index (χ2v) is 11.3. The first-order chi connectivity index (χ1) is 17.1. The molecule has 9 atom stereocenters. The summed E-state index contributed by atoms with van der Waals surface area (Å²) in [6.07, 6.45) is 9.31. The largest absolute Gasteiger partial charge is 0.445 e. The van der Waals surface area contributed by atoms with Crippen molar-refractivity contribution in [3.63, 3.8) is 0 Å². The fraction of sp³-hybridized carbons (Fsp3) is 0.586. The number of esters is 1. The molecule has 1 aromatic rings. The van der Waals surface area contributed by atoms with Crippen molar-refractivity contribution in [3.05, 3.63) is 60.2 Å². The Morgan fingerprint density at radius 3 is 2.61 bits per heavy atom. The van der Waals surface area contributed by atoms with Crippen LogP contribution in [0.25, 0.3) is 0 Å². The van der Waals surface area contributed by atoms with E-state index in [4.69, 9.17) is 9.47 Å². The first-order valence-electron chi connectivity index (χ1n) is 13.1. The summed E-state index contributed by atoms with van der Waals surface area (Å²) >= 11 is 0. The van der Waals surface area contributed by atoms with Crippen LogP contribution < -0.4 is 5.32 Å². The predicted molar refractivity (Wildman–Crippen MR) is 133 cm³/mol. The number of hydrogen-bond acceptors (Lipinski definition) is 6. The number of ether oxygens (including phenoxy) is 2. The molecular weight excluding hydrogens is 458 g/mol. The van der Waals surface area contributed by atoms with Gasteiger partial charge in [-0.25, -0.2) is 4.79 Å². The highest BCUT2D eigenvalue weighted by Crippen LogP contribution is 2.68. The Balaban J connectivity index is 1.60. The van der Waals surface area contributed by atoms with E-state index in [1.54, 1.807) is 0 Å². The highest BCUT2D eigenvalue weighted by Gasteiger charge is 2.86. The van der Waals surface area contributed by atoms with Crippen molar-refractivity contribution < 1.29 is 29.3 Å². The highest BCUT2D eigenvalue weighted by atomic mass is 16.8. The molecule has 194 valence electrons. The molecule has 5 rings (SSSR count). The van der Waals surface area contributed by atoms with E-state index in [1.165, 1.54) is 12.2 Å². The molecule has 4 aliphatic rings. The molecule has 3 heterocycles. The maximum Gasteiger partial charge on any atom is 0.331 e. The van der Waals surface area contributed by atoms with E-state index in [2.05, 4.69) is 12.2 Å². The van der Waals surface area contributed by atoms with Crippen LogP contribution in [0.1, 0.15) is 52.0 Å². The monoisotopic (exact) mass is 495 g/mol. The third kappa shape index (κ3) is 3.92. The summed E-state index contributed by atoms with van der Waals surface area (Å²) in [7, 11) is 0. The number of aliphatic hydroxyl groups excluding tert-OH is 1. The molecule has 7 heteroatoms. The Morgan fingerprint density at radius 2 is 1.86 bits per heavy atom. The van der Waals surface area contributed by atoms with Crippen molar-refractivity contribution >= 4 is 11.9 Å². The predicted octanol–water partition coefficient (Wildman–Crippen LogP) is 3.05. The van der Waals surface area contributed by atoms with Gasteiger partial charge in [0, 0.05) is 18.0 Å². The van der Waals surface area contributed by atoms with Crippen molar-refractivity contribution in [2.45, 2.75) is 82.0 Å². The summed E-state index contributed by atoms with van der Waals surface area (Å²) in [5, 5.41) is 25.1. The fourth-order valence-electron chi connectivity index (χ4n) is 6.84. The molecule has 36 heavy (non-hydrogen) atoms. The summed E-state index contributed by atoms with van der Waals surface area (Å²) in [5.74, 6) is -3.96. The number of rotatable bonds is 2. The van der Waals surface area contributed by atoms with Crippen molar-refractivity contribution in [1.29, 1.82) is 0 Å². The van der Waals surface area contributed by atoms with Gasteiger partial charge in [-0.3, -0.25) is 4.79 Å². The van der Waals surface area contributed by atoms with E-state index in [-0.39, 0.29) is 12.0 Å². The number of epoxide rings is 1. The van der Waals surface area contributed by atoms with Gasteiger partial charge in [-0.15, -0.1) is 0 Å². The average Bonchev–Trinajstić information content (AvgIpc) is 3.32. The summed E-state index contributed by atoms with van der Waals surface area (Å²) in [6.45, 7) is 5.98. The first-order valence-corrected chi connectivity index (χ1v) is 13.1. The van der Waals surface area contributed by atoms with Crippen LogP contribution in [-0.2, 0) is 25.5 Å². The molecule has 7 nitrogen and oxygen atoms in total. The normalized spacial score (nSPS) is 44.5. The van der Waals surface area contributed by atoms with E-state index < -0.39 is 46.8 Å². The molecule has 3 N–H and O–H groups in total. The number of carbonyl (C=O) groups is 2. The van der Waals surface area contributed by atoms with Crippen LogP contribution in [0.3, 0.4) is 0 Å². The van der Waals surface area contributed by atoms with Crippen molar-refractivity contribution in [2.24, 2.45) is 23.7 Å². The molecule has 0 unspecified atom stereocenters. The molecule has 0 aromatic heterocycles. The Hall–Kier alpha value is -2.48. The second-order valence-electron chi connectivity index (χ2n) is 11.3. The lowest BCUT2D eigenvalue weighted by Gasteiger charge is -2.47. The number of aliphatic hydroxyl groups is 2. The van der Waals surface area contributed by atoms with Gasteiger partial charge in [-0.1, -0.05) is 69.2 Å². The van der Waals surface area contributed by atoms with Gasteiger partial charge in [0.2, 0.25) is 11.4 Å². The molecule has 3 aliphatic heterocycles. The number of hydrogen-bond donors (Lipinski definition) is 3. The van der Waals surface area contributed by atoms with Crippen LogP contribution in [-0.4, -0.2) is 51.2 Å². The van der Waals surface area contributed by atoms with Gasteiger partial charge < -0.3 is 25.0 Å². The topological polar surface area (TPSA) is 108 Å². The minimum absolute atomic E-state index is 0.278. The third-order valence-electron chi connectivity index (χ3n) is 9.01. The molecule has 1 amide bonds. The zero-order valence-corrected chi connectivity index (χ0v) is 21.2. The SMILES string of the molecule is C[C@H]1CC=C[C@@H]2[C@]3(OC(=O)C=C[C@H](O)CCC1)C(=O)N[C@@H](Cc1ccccc1)[C@@H]3[C@H](C)[C@@]1(C)O[C@@]21O. The van der Waals surface area contributed by atoms with Crippen molar-refractivity contribution in [3.8, 4) is 0 Å². The van der Waals surface area contributed by atoms with Crippen LogP contribution in [0, 0.1) is 23.7 Å². The molecular formula is C29H37NO6. The maximum absolute atomic E-state index is 13.9. The Bertz CT molecular complexity index is 1070. The van der Waals surface area contributed by atoms with E-state index in [9.17, 15) is 19.8 Å². The minimum atomic E-state index is -1.64. The quantitative estimate of drug-likeness (QED) is 0.331. The number of fused-ring (bicyclic) bond motifs is 2. The number of allylic oxidation sites excluding steroid dienone is 1. The molecule has 0 bridgehead atoms. The first kappa shape index (κ1) is 25.2. The number of carbonyl (C=O) groups excluding carboxylic acids is 2. The fourth-order valence-corrected chi connectivity index (χ4v) is 6.84. The Kier molecular flexibility index (Phi) is 6.38. The van der Waals surface area contributed by atoms with Gasteiger partial charge in [-0.2, -0.15) is 0 Å². The lowest BCUT2D eigenvalue weighted by atomic mass is 9.57. The van der Waals surface area contributed by atoms with Crippen molar-refractivity contribution in [2.75, 3.05) is 0 Å². The summed E-state index contributed by atoms with van der Waals surface area (Å²) in [5.41, 5.74) is -1.45. The molecule has 1 aliphatic carbocycles. The minimum Gasteiger partial charge on any atom is -0.445 e. The van der Waals surface area contributed by atoms with Crippen LogP contribution in [0.4, 0.5) is 0 Å². The van der Waals surface area contributed by atoms with E-state index in [1.807, 2.05) is 56.3 Å². The van der Waals surface area contributed by atoms with Crippen LogP contribution in [0.15, 0.2) is 54.6 Å². The molecule has 1 aromatic carbocycles. The zero-order chi connectivity index (χ0) is 25.7. The zero-order valence-electron chi connectivity index (χ0n) is 21.2. The van der Waals surface area contributed by atoms with Gasteiger partial charge in [0.25, 0.3) is 5.91 Å². The number of amides is 1. The lowest BCUT2D eigenvalue weighted by molar-refractivity contribution is -0.193. The standard InChI is InChI=1S/C29H37NO6/c1-18-9-7-13-21(31)15-16-24(32)35-28-23(14-8-10-18)29(34)27(3,36-29)19(2)25(28)22(30-26(28)33)17-20-11-5-4-6-12-20/h4-6,8,11-12,14-16,18-19,21-23,25,31,34H,7,9-10,13,17H2,1-3H3,(H,30,33)/t18-,19+,21-,22+,23-,25+,27-,28-,29+/m1/s1. The summed E-state index contributed by atoms with van der Waals surface area (Å²) in [4.78, 5) is 27.0. The maximum atomic E-state index is 13.9. The average molecular weight is 496 g/mol. The summed E-state index contributed by atoms with van der Waals surface area (Å²) < 4.78 is 12.1. The van der Waals surface area contributed by atoms with E-state index >= 15 is 0 Å². The summed E-state index contributed by atoms with van der Waals surface area (Å²) in [6, 6.07) is 9.58. The smallest absolute Gasteiger partial charge is 0.331 e. The second kappa shape index (κ2) is 9.12.